The minimum absolute atomic E-state index is 0.0702. The number of amides is 1. The molecule has 0 spiro atoms. The summed E-state index contributed by atoms with van der Waals surface area (Å²) in [6, 6.07) is 6.74. The third-order valence-corrected chi connectivity index (χ3v) is 5.68. The van der Waals surface area contributed by atoms with Crippen LogP contribution in [0.4, 0.5) is 0 Å². The van der Waals surface area contributed by atoms with E-state index in [4.69, 9.17) is 16.7 Å². The van der Waals surface area contributed by atoms with Gasteiger partial charge < -0.3 is 10.0 Å². The zero-order valence-corrected chi connectivity index (χ0v) is 13.9. The predicted molar refractivity (Wildman–Crippen MR) is 87.0 cm³/mol. The van der Waals surface area contributed by atoms with Gasteiger partial charge in [-0.2, -0.15) is 0 Å². The lowest BCUT2D eigenvalue weighted by atomic mass is 10.2. The number of benzene rings is 1. The molecule has 0 aliphatic carbocycles. The number of hydrogen-bond donors (Lipinski definition) is 1. The van der Waals surface area contributed by atoms with Crippen molar-refractivity contribution in [3.63, 3.8) is 0 Å². The summed E-state index contributed by atoms with van der Waals surface area (Å²) >= 11 is 8.89. The fourth-order valence-electron chi connectivity index (χ4n) is 2.13. The quantitative estimate of drug-likeness (QED) is 0.830. The van der Waals surface area contributed by atoms with Crippen molar-refractivity contribution in [3.8, 4) is 0 Å². The Hall–Kier alpha value is -0.850. The molecule has 1 fully saturated rings. The predicted octanol–water partition coefficient (Wildman–Crippen LogP) is 3.20. The van der Waals surface area contributed by atoms with E-state index in [0.717, 1.165) is 4.90 Å². The van der Waals surface area contributed by atoms with Crippen molar-refractivity contribution < 1.29 is 14.7 Å². The van der Waals surface area contributed by atoms with E-state index in [0.29, 0.717) is 22.9 Å². The maximum Gasteiger partial charge on any atom is 0.327 e. The number of aliphatic carboxylic acids is 1. The van der Waals surface area contributed by atoms with Crippen LogP contribution in [0.3, 0.4) is 0 Å². The zero-order chi connectivity index (χ0) is 15.4. The van der Waals surface area contributed by atoms with Crippen LogP contribution in [0.15, 0.2) is 29.2 Å². The van der Waals surface area contributed by atoms with Gasteiger partial charge in [-0.05, 0) is 31.2 Å². The minimum Gasteiger partial charge on any atom is -0.480 e. The number of carbonyl (C=O) groups is 2. The summed E-state index contributed by atoms with van der Waals surface area (Å²) in [6.45, 7) is 1.87. The summed E-state index contributed by atoms with van der Waals surface area (Å²) in [4.78, 5) is 25.9. The maximum absolute atomic E-state index is 12.2. The van der Waals surface area contributed by atoms with E-state index in [1.54, 1.807) is 11.8 Å². The fraction of sp³-hybridized carbons (Fsp3) is 0.429. The van der Waals surface area contributed by atoms with Crippen molar-refractivity contribution in [2.24, 2.45) is 0 Å². The van der Waals surface area contributed by atoms with E-state index in [1.165, 1.54) is 16.7 Å². The van der Waals surface area contributed by atoms with E-state index in [9.17, 15) is 9.59 Å². The number of halogens is 1. The molecule has 0 aromatic heterocycles. The smallest absolute Gasteiger partial charge is 0.327 e. The molecule has 2 unspecified atom stereocenters. The highest BCUT2D eigenvalue weighted by Gasteiger charge is 2.38. The van der Waals surface area contributed by atoms with E-state index in [2.05, 4.69) is 0 Å². The molecule has 1 aromatic rings. The van der Waals surface area contributed by atoms with Crippen molar-refractivity contribution in [2.45, 2.75) is 29.7 Å². The summed E-state index contributed by atoms with van der Waals surface area (Å²) in [5.74, 6) is 0.0692. The van der Waals surface area contributed by atoms with E-state index < -0.39 is 12.0 Å². The van der Waals surface area contributed by atoms with Crippen molar-refractivity contribution in [1.82, 2.24) is 4.90 Å². The molecule has 7 heteroatoms. The Bertz CT molecular complexity index is 523. The highest BCUT2D eigenvalue weighted by atomic mass is 35.5. The Morgan fingerprint density at radius 1 is 1.43 bits per heavy atom. The molecule has 4 nitrogen and oxygen atoms in total. The first-order valence-corrected chi connectivity index (χ1v) is 8.94. The third kappa shape index (κ3) is 4.31. The molecule has 2 atom stereocenters. The Labute approximate surface area is 137 Å². The monoisotopic (exact) mass is 345 g/mol. The largest absolute Gasteiger partial charge is 0.480 e. The summed E-state index contributed by atoms with van der Waals surface area (Å²) in [5, 5.41) is 9.77. The van der Waals surface area contributed by atoms with Crippen LogP contribution in [-0.2, 0) is 9.59 Å². The molecule has 1 aliphatic heterocycles. The van der Waals surface area contributed by atoms with Crippen LogP contribution in [-0.4, -0.2) is 44.8 Å². The van der Waals surface area contributed by atoms with Gasteiger partial charge in [0.1, 0.15) is 6.04 Å². The second-order valence-electron chi connectivity index (χ2n) is 4.64. The Morgan fingerprint density at radius 2 is 2.10 bits per heavy atom. The molecule has 1 saturated heterocycles. The van der Waals surface area contributed by atoms with Crippen LogP contribution in [0.1, 0.15) is 13.3 Å². The first-order valence-electron chi connectivity index (χ1n) is 6.53. The summed E-state index contributed by atoms with van der Waals surface area (Å²) in [6.07, 6.45) is 0.335. The van der Waals surface area contributed by atoms with Gasteiger partial charge in [0.05, 0.1) is 5.37 Å². The van der Waals surface area contributed by atoms with Gasteiger partial charge in [-0.3, -0.25) is 4.79 Å². The molecule has 1 heterocycles. The molecule has 21 heavy (non-hydrogen) atoms. The van der Waals surface area contributed by atoms with Crippen molar-refractivity contribution in [1.29, 1.82) is 0 Å². The summed E-state index contributed by atoms with van der Waals surface area (Å²) in [5.41, 5.74) is 0. The van der Waals surface area contributed by atoms with Gasteiger partial charge in [-0.15, -0.1) is 23.5 Å². The number of thioether (sulfide) groups is 2. The topological polar surface area (TPSA) is 57.6 Å². The molecule has 0 radical (unpaired) electrons. The van der Waals surface area contributed by atoms with E-state index in [1.807, 2.05) is 31.2 Å². The van der Waals surface area contributed by atoms with E-state index >= 15 is 0 Å². The molecule has 2 rings (SSSR count). The number of carbonyl (C=O) groups excluding carboxylic acids is 1. The third-order valence-electron chi connectivity index (χ3n) is 3.19. The number of carboxylic acids is 1. The highest BCUT2D eigenvalue weighted by molar-refractivity contribution is 8.00. The molecule has 1 aliphatic rings. The molecule has 114 valence electrons. The van der Waals surface area contributed by atoms with Gasteiger partial charge in [0.25, 0.3) is 0 Å². The lowest BCUT2D eigenvalue weighted by Gasteiger charge is -2.24. The Balaban J connectivity index is 1.86. The van der Waals surface area contributed by atoms with Crippen LogP contribution in [0.5, 0.6) is 0 Å². The molecule has 0 saturated carbocycles. The van der Waals surface area contributed by atoms with Crippen molar-refractivity contribution in [3.05, 3.63) is 29.3 Å². The molecule has 1 amide bonds. The van der Waals surface area contributed by atoms with E-state index in [-0.39, 0.29) is 11.3 Å². The molecule has 1 aromatic carbocycles. The lowest BCUT2D eigenvalue weighted by Crippen LogP contribution is -2.44. The van der Waals surface area contributed by atoms with Gasteiger partial charge in [-0.1, -0.05) is 11.6 Å². The van der Waals surface area contributed by atoms with Gasteiger partial charge >= 0.3 is 5.97 Å². The van der Waals surface area contributed by atoms with Gasteiger partial charge in [0, 0.05) is 27.8 Å². The highest BCUT2D eigenvalue weighted by Crippen LogP contribution is 2.30. The Kier molecular flexibility index (Phi) is 5.84. The fourth-order valence-corrected chi connectivity index (χ4v) is 4.28. The first kappa shape index (κ1) is 16.5. The maximum atomic E-state index is 12.2. The van der Waals surface area contributed by atoms with Crippen LogP contribution in [0.2, 0.25) is 5.02 Å². The zero-order valence-electron chi connectivity index (χ0n) is 11.5. The average Bonchev–Trinajstić information content (AvgIpc) is 2.83. The van der Waals surface area contributed by atoms with Crippen LogP contribution >= 0.6 is 35.1 Å². The normalized spacial score (nSPS) is 21.5. The minimum atomic E-state index is -0.925. The van der Waals surface area contributed by atoms with Gasteiger partial charge in [-0.25, -0.2) is 4.79 Å². The number of hydrogen-bond acceptors (Lipinski definition) is 4. The summed E-state index contributed by atoms with van der Waals surface area (Å²) in [7, 11) is 0. The number of rotatable bonds is 5. The van der Waals surface area contributed by atoms with Crippen LogP contribution < -0.4 is 0 Å². The molecule has 1 N–H and O–H groups in total. The summed E-state index contributed by atoms with van der Waals surface area (Å²) < 4.78 is 0. The second kappa shape index (κ2) is 7.42. The van der Waals surface area contributed by atoms with Gasteiger partial charge in [0.2, 0.25) is 5.91 Å². The standard InChI is InChI=1S/C14H16ClNO3S2/c1-9-16(12(8-21-9)14(18)19)13(17)6-7-20-11-4-2-10(15)3-5-11/h2-5,9,12H,6-8H2,1H3,(H,18,19). The van der Waals surface area contributed by atoms with Crippen molar-refractivity contribution >= 4 is 47.0 Å². The number of nitrogens with zero attached hydrogens (tertiary/aromatic N) is 1. The van der Waals surface area contributed by atoms with Crippen LogP contribution in [0.25, 0.3) is 0 Å². The Morgan fingerprint density at radius 3 is 2.71 bits per heavy atom. The van der Waals surface area contributed by atoms with Gasteiger partial charge in [0.15, 0.2) is 0 Å². The van der Waals surface area contributed by atoms with Crippen LogP contribution in [0, 0.1) is 0 Å². The second-order valence-corrected chi connectivity index (χ2v) is 7.59. The molecular weight excluding hydrogens is 330 g/mol. The number of carboxylic acid groups (broad SMARTS) is 1. The molecule has 0 bridgehead atoms. The SMILES string of the molecule is CC1SCC(C(=O)O)N1C(=O)CCSc1ccc(Cl)cc1. The van der Waals surface area contributed by atoms with Crippen molar-refractivity contribution in [2.75, 3.05) is 11.5 Å². The molecular formula is C14H16ClNO3S2. The average molecular weight is 346 g/mol. The lowest BCUT2D eigenvalue weighted by molar-refractivity contribution is -0.148. The first-order chi connectivity index (χ1) is 9.99.